The number of ether oxygens (including phenoxy) is 3. The number of carbonyl (C=O) groups excluding carboxylic acids is 2. The van der Waals surface area contributed by atoms with Crippen LogP contribution in [-0.4, -0.2) is 64.6 Å². The number of hydrogen-bond acceptors (Lipinski definition) is 7. The molecule has 0 spiro atoms. The van der Waals surface area contributed by atoms with E-state index in [4.69, 9.17) is 14.2 Å². The van der Waals surface area contributed by atoms with E-state index in [0.29, 0.717) is 24.5 Å². The topological polar surface area (TPSA) is 114 Å². The van der Waals surface area contributed by atoms with E-state index in [-0.39, 0.29) is 41.2 Å². The molecule has 266 valence electrons. The van der Waals surface area contributed by atoms with Crippen molar-refractivity contribution in [1.82, 2.24) is 10.2 Å². The van der Waals surface area contributed by atoms with Crippen molar-refractivity contribution in [2.45, 2.75) is 64.1 Å². The van der Waals surface area contributed by atoms with Crippen LogP contribution in [0.5, 0.6) is 17.2 Å². The van der Waals surface area contributed by atoms with Gasteiger partial charge in [0.15, 0.2) is 11.5 Å². The molecular formula is C39H47N3O7S. The van der Waals surface area contributed by atoms with Crippen molar-refractivity contribution >= 4 is 27.5 Å². The Morgan fingerprint density at radius 1 is 0.820 bits per heavy atom. The Bertz CT molecular complexity index is 1830. The van der Waals surface area contributed by atoms with Crippen LogP contribution in [0, 0.1) is 6.92 Å². The molecule has 0 fully saturated rings. The van der Waals surface area contributed by atoms with E-state index < -0.39 is 28.5 Å². The van der Waals surface area contributed by atoms with E-state index in [9.17, 15) is 18.0 Å². The van der Waals surface area contributed by atoms with E-state index >= 15 is 0 Å². The second kappa shape index (κ2) is 17.6. The van der Waals surface area contributed by atoms with Crippen molar-refractivity contribution in [1.29, 1.82) is 0 Å². The van der Waals surface area contributed by atoms with Crippen LogP contribution in [0.2, 0.25) is 0 Å². The van der Waals surface area contributed by atoms with Crippen molar-refractivity contribution in [2.75, 3.05) is 31.7 Å². The van der Waals surface area contributed by atoms with Crippen LogP contribution in [0.4, 0.5) is 5.69 Å². The second-order valence-electron chi connectivity index (χ2n) is 12.0. The molecule has 4 aromatic carbocycles. The van der Waals surface area contributed by atoms with Crippen molar-refractivity contribution < 1.29 is 32.2 Å². The third-order valence-electron chi connectivity index (χ3n) is 8.37. The summed E-state index contributed by atoms with van der Waals surface area (Å²) >= 11 is 0. The Morgan fingerprint density at radius 2 is 1.50 bits per heavy atom. The zero-order valence-corrected chi connectivity index (χ0v) is 30.4. The molecule has 2 amide bonds. The Labute approximate surface area is 296 Å². The number of methoxy groups -OCH3 is 2. The number of nitrogens with zero attached hydrogens (tertiary/aromatic N) is 2. The van der Waals surface area contributed by atoms with Crippen molar-refractivity contribution in [2.24, 2.45) is 0 Å². The molecule has 0 radical (unpaired) electrons. The van der Waals surface area contributed by atoms with Crippen molar-refractivity contribution in [3.8, 4) is 17.2 Å². The number of rotatable bonds is 17. The number of carbonyl (C=O) groups is 2. The molecule has 2 atom stereocenters. The van der Waals surface area contributed by atoms with Crippen LogP contribution < -0.4 is 23.8 Å². The van der Waals surface area contributed by atoms with Crippen LogP contribution in [0.3, 0.4) is 0 Å². The van der Waals surface area contributed by atoms with Crippen LogP contribution >= 0.6 is 0 Å². The van der Waals surface area contributed by atoms with E-state index in [2.05, 4.69) is 5.32 Å². The predicted molar refractivity (Wildman–Crippen MR) is 195 cm³/mol. The van der Waals surface area contributed by atoms with Gasteiger partial charge < -0.3 is 24.4 Å². The average molecular weight is 702 g/mol. The fourth-order valence-corrected chi connectivity index (χ4v) is 6.94. The van der Waals surface area contributed by atoms with Crippen molar-refractivity contribution in [3.63, 3.8) is 0 Å². The second-order valence-corrected chi connectivity index (χ2v) is 13.9. The standard InChI is InChI=1S/C39H47N3O7S/c1-7-29(4)40-39(44)35(24-30-14-10-9-11-15-30)41(26-31-16-12-13-28(3)23-31)38(43)27-42(32-17-19-33(20-18-32)49-8-2)50(45,46)34-21-22-36(47-5)37(25-34)48-6/h9-23,25,29,35H,7-8,24,26-27H2,1-6H3,(H,40,44)/t29-,35+/m0/s1. The molecule has 0 aromatic heterocycles. The summed E-state index contributed by atoms with van der Waals surface area (Å²) in [6.07, 6.45) is 0.927. The smallest absolute Gasteiger partial charge is 0.264 e. The first-order valence-corrected chi connectivity index (χ1v) is 18.1. The highest BCUT2D eigenvalue weighted by Crippen LogP contribution is 2.33. The summed E-state index contributed by atoms with van der Waals surface area (Å²) in [4.78, 5) is 30.2. The quantitative estimate of drug-likeness (QED) is 0.140. The highest BCUT2D eigenvalue weighted by molar-refractivity contribution is 7.92. The number of hydrogen-bond donors (Lipinski definition) is 1. The molecule has 0 aliphatic rings. The van der Waals surface area contributed by atoms with Gasteiger partial charge in [0, 0.05) is 25.1 Å². The highest BCUT2D eigenvalue weighted by atomic mass is 32.2. The summed E-state index contributed by atoms with van der Waals surface area (Å²) < 4.78 is 46.4. The zero-order valence-electron chi connectivity index (χ0n) is 29.6. The molecule has 0 heterocycles. The molecule has 50 heavy (non-hydrogen) atoms. The maximum Gasteiger partial charge on any atom is 0.264 e. The number of nitrogens with one attached hydrogen (secondary N) is 1. The van der Waals surface area contributed by atoms with Gasteiger partial charge in [-0.2, -0.15) is 0 Å². The van der Waals surface area contributed by atoms with Gasteiger partial charge in [0.1, 0.15) is 18.3 Å². The normalized spacial score (nSPS) is 12.4. The molecule has 4 aromatic rings. The van der Waals surface area contributed by atoms with Gasteiger partial charge in [-0.3, -0.25) is 13.9 Å². The Balaban J connectivity index is 1.84. The molecular weight excluding hydrogens is 655 g/mol. The maximum atomic E-state index is 14.7. The summed E-state index contributed by atoms with van der Waals surface area (Å²) in [7, 11) is -1.48. The van der Waals surface area contributed by atoms with E-state index in [1.165, 1.54) is 37.3 Å². The van der Waals surface area contributed by atoms with E-state index in [0.717, 1.165) is 21.0 Å². The number of anilines is 1. The molecule has 0 saturated heterocycles. The average Bonchev–Trinajstić information content (AvgIpc) is 3.12. The van der Waals surface area contributed by atoms with Crippen LogP contribution in [0.15, 0.2) is 102 Å². The van der Waals surface area contributed by atoms with Gasteiger partial charge in [0.05, 0.1) is 31.4 Å². The molecule has 1 N–H and O–H groups in total. The fraction of sp³-hybridized carbons (Fsp3) is 0.333. The van der Waals surface area contributed by atoms with Gasteiger partial charge in [-0.05, 0) is 74.7 Å². The predicted octanol–water partition coefficient (Wildman–Crippen LogP) is 6.16. The van der Waals surface area contributed by atoms with E-state index in [1.807, 2.05) is 82.3 Å². The lowest BCUT2D eigenvalue weighted by Gasteiger charge is -2.34. The summed E-state index contributed by atoms with van der Waals surface area (Å²) in [5.41, 5.74) is 2.91. The highest BCUT2D eigenvalue weighted by Gasteiger charge is 2.35. The van der Waals surface area contributed by atoms with Gasteiger partial charge in [-0.25, -0.2) is 8.42 Å². The monoisotopic (exact) mass is 701 g/mol. The van der Waals surface area contributed by atoms with Gasteiger partial charge >= 0.3 is 0 Å². The van der Waals surface area contributed by atoms with Gasteiger partial charge in [0.2, 0.25) is 11.8 Å². The maximum absolute atomic E-state index is 14.7. The van der Waals surface area contributed by atoms with Crippen LogP contribution in [0.25, 0.3) is 0 Å². The zero-order chi connectivity index (χ0) is 36.3. The lowest BCUT2D eigenvalue weighted by Crippen LogP contribution is -2.54. The van der Waals surface area contributed by atoms with Crippen LogP contribution in [0.1, 0.15) is 43.9 Å². The SMILES string of the molecule is CCOc1ccc(N(CC(=O)N(Cc2cccc(C)c2)[C@H](Cc2ccccc2)C(=O)N[C@@H](C)CC)S(=O)(=O)c2ccc(OC)c(OC)c2)cc1. The molecule has 4 rings (SSSR count). The van der Waals surface area contributed by atoms with Gasteiger partial charge in [-0.15, -0.1) is 0 Å². The summed E-state index contributed by atoms with van der Waals surface area (Å²) in [5.74, 6) is 0.258. The first-order chi connectivity index (χ1) is 24.0. The summed E-state index contributed by atoms with van der Waals surface area (Å²) in [5, 5.41) is 3.06. The molecule has 11 heteroatoms. The summed E-state index contributed by atoms with van der Waals surface area (Å²) in [6.45, 7) is 7.62. The molecule has 0 aliphatic heterocycles. The minimum absolute atomic E-state index is 0.0828. The first-order valence-electron chi connectivity index (χ1n) is 16.7. The third kappa shape index (κ3) is 9.56. The minimum atomic E-state index is -4.36. The van der Waals surface area contributed by atoms with E-state index in [1.54, 1.807) is 24.3 Å². The molecule has 0 aliphatic carbocycles. The van der Waals surface area contributed by atoms with Crippen LogP contribution in [-0.2, 0) is 32.6 Å². The number of amides is 2. The number of aryl methyl sites for hydroxylation is 1. The minimum Gasteiger partial charge on any atom is -0.494 e. The van der Waals surface area contributed by atoms with Gasteiger partial charge in [0.25, 0.3) is 10.0 Å². The Hall–Kier alpha value is -5.03. The fourth-order valence-electron chi connectivity index (χ4n) is 5.51. The Kier molecular flexibility index (Phi) is 13.3. The lowest BCUT2D eigenvalue weighted by molar-refractivity contribution is -0.140. The summed E-state index contributed by atoms with van der Waals surface area (Å²) in [6, 6.07) is 26.9. The van der Waals surface area contributed by atoms with Gasteiger partial charge in [-0.1, -0.05) is 67.1 Å². The largest absolute Gasteiger partial charge is 0.494 e. The Morgan fingerprint density at radius 3 is 2.12 bits per heavy atom. The lowest BCUT2D eigenvalue weighted by atomic mass is 10.0. The number of benzene rings is 4. The molecule has 0 unspecified atom stereocenters. The third-order valence-corrected chi connectivity index (χ3v) is 10.1. The first kappa shape index (κ1) is 37.8. The number of sulfonamides is 1. The van der Waals surface area contributed by atoms with Crippen molar-refractivity contribution in [3.05, 3.63) is 114 Å². The molecule has 0 bridgehead atoms. The molecule has 10 nitrogen and oxygen atoms in total. The molecule has 0 saturated carbocycles.